The van der Waals surface area contributed by atoms with Crippen LogP contribution in [-0.4, -0.2) is 17.1 Å². The number of nitrogens with zero attached hydrogens (tertiary/aromatic N) is 2. The summed E-state index contributed by atoms with van der Waals surface area (Å²) in [6.07, 6.45) is 8.21. The molecule has 1 aliphatic heterocycles. The van der Waals surface area contributed by atoms with Gasteiger partial charge in [-0.05, 0) is 31.2 Å². The highest BCUT2D eigenvalue weighted by Crippen LogP contribution is 2.46. The molecule has 0 saturated heterocycles. The van der Waals surface area contributed by atoms with Crippen LogP contribution in [0.2, 0.25) is 0 Å². The van der Waals surface area contributed by atoms with Gasteiger partial charge in [-0.15, -0.1) is 11.8 Å². The second-order valence-electron chi connectivity index (χ2n) is 5.69. The zero-order valence-electron chi connectivity index (χ0n) is 12.2. The Morgan fingerprint density at radius 1 is 1.24 bits per heavy atom. The van der Waals surface area contributed by atoms with E-state index >= 15 is 0 Å². The van der Waals surface area contributed by atoms with Gasteiger partial charge in [-0.3, -0.25) is 0 Å². The molecule has 1 aromatic carbocycles. The molecule has 0 spiro atoms. The summed E-state index contributed by atoms with van der Waals surface area (Å²) in [5.41, 5.74) is 6.78. The molecule has 2 aliphatic rings. The van der Waals surface area contributed by atoms with Gasteiger partial charge in [-0.1, -0.05) is 47.3 Å². The second-order valence-corrected chi connectivity index (χ2v) is 7.40. The third-order valence-electron chi connectivity index (χ3n) is 4.40. The summed E-state index contributed by atoms with van der Waals surface area (Å²) in [7, 11) is 0. The number of nitrogens with two attached hydrogens (primary N) is 1. The topological polar surface area (TPSA) is 50.7 Å². The van der Waals surface area contributed by atoms with Gasteiger partial charge >= 0.3 is 0 Å². The van der Waals surface area contributed by atoms with Crippen molar-refractivity contribution in [3.8, 4) is 0 Å². The summed E-state index contributed by atoms with van der Waals surface area (Å²) < 4.78 is 1.07. The van der Waals surface area contributed by atoms with E-state index in [1.807, 2.05) is 12.3 Å². The third kappa shape index (κ3) is 2.78. The first-order valence-electron chi connectivity index (χ1n) is 7.41. The number of aliphatic imine (C=N–C) groups is 2. The van der Waals surface area contributed by atoms with Crippen molar-refractivity contribution in [3.63, 3.8) is 0 Å². The first-order valence-corrected chi connectivity index (χ1v) is 9.43. The number of hydrogen-bond acceptors (Lipinski definition) is 4. The van der Waals surface area contributed by atoms with E-state index in [1.165, 1.54) is 32.1 Å². The highest BCUT2D eigenvalue weighted by atomic mass is 79.9. The normalized spacial score (nSPS) is 26.6. The summed E-state index contributed by atoms with van der Waals surface area (Å²) in [4.78, 5) is 9.84. The fourth-order valence-corrected chi connectivity index (χ4v) is 4.27. The largest absolute Gasteiger partial charge is 0.382 e. The zero-order chi connectivity index (χ0) is 14.9. The highest BCUT2D eigenvalue weighted by Gasteiger charge is 2.44. The lowest BCUT2D eigenvalue weighted by Gasteiger charge is -2.35. The van der Waals surface area contributed by atoms with Crippen LogP contribution in [0.1, 0.15) is 37.7 Å². The summed E-state index contributed by atoms with van der Waals surface area (Å²) in [6, 6.07) is 8.36. The molecule has 1 aliphatic carbocycles. The maximum atomic E-state index is 6.13. The van der Waals surface area contributed by atoms with E-state index in [0.717, 1.165) is 15.1 Å². The minimum atomic E-state index is -0.507. The van der Waals surface area contributed by atoms with Crippen molar-refractivity contribution >= 4 is 38.6 Å². The standard InChI is InChI=1S/C16H20BrN3S/c1-21-15-14(18)19-16(20-15,11-6-3-2-4-7-11)12-8-5-9-13(17)10-12/h5,8-11H,2-4,6-7H2,1H3,(H2,18,19). The van der Waals surface area contributed by atoms with Gasteiger partial charge in [-0.2, -0.15) is 0 Å². The van der Waals surface area contributed by atoms with Crippen molar-refractivity contribution in [3.05, 3.63) is 34.3 Å². The smallest absolute Gasteiger partial charge is 0.182 e. The van der Waals surface area contributed by atoms with Crippen LogP contribution >= 0.6 is 27.7 Å². The molecular weight excluding hydrogens is 346 g/mol. The average molecular weight is 366 g/mol. The van der Waals surface area contributed by atoms with Gasteiger partial charge < -0.3 is 5.73 Å². The molecule has 1 heterocycles. The van der Waals surface area contributed by atoms with Crippen LogP contribution in [-0.2, 0) is 5.66 Å². The predicted molar refractivity (Wildman–Crippen MR) is 95.0 cm³/mol. The monoisotopic (exact) mass is 365 g/mol. The van der Waals surface area contributed by atoms with Crippen LogP contribution < -0.4 is 5.73 Å². The molecule has 1 atom stereocenters. The summed E-state index contributed by atoms with van der Waals surface area (Å²) in [5.74, 6) is 1.04. The Labute approximate surface area is 138 Å². The molecular formula is C16H20BrN3S. The van der Waals surface area contributed by atoms with Gasteiger partial charge in [-0.25, -0.2) is 9.98 Å². The van der Waals surface area contributed by atoms with Crippen molar-refractivity contribution < 1.29 is 0 Å². The van der Waals surface area contributed by atoms with E-state index in [-0.39, 0.29) is 0 Å². The highest BCUT2D eigenvalue weighted by molar-refractivity contribution is 9.10. The van der Waals surface area contributed by atoms with E-state index in [4.69, 9.17) is 15.7 Å². The molecule has 3 nitrogen and oxygen atoms in total. The Hall–Kier alpha value is -0.810. The number of halogens is 1. The number of amidine groups is 1. The van der Waals surface area contributed by atoms with Gasteiger partial charge in [0.05, 0.1) is 0 Å². The summed E-state index contributed by atoms with van der Waals surface area (Å²) in [6.45, 7) is 0. The van der Waals surface area contributed by atoms with Crippen LogP contribution in [0.3, 0.4) is 0 Å². The number of rotatable bonds is 2. The zero-order valence-corrected chi connectivity index (χ0v) is 14.6. The fourth-order valence-electron chi connectivity index (χ4n) is 3.39. The third-order valence-corrected chi connectivity index (χ3v) is 5.58. The lowest BCUT2D eigenvalue weighted by atomic mass is 9.77. The molecule has 3 rings (SSSR count). The van der Waals surface area contributed by atoms with Crippen LogP contribution in [0, 0.1) is 5.92 Å². The molecule has 21 heavy (non-hydrogen) atoms. The van der Waals surface area contributed by atoms with Crippen LogP contribution in [0.25, 0.3) is 0 Å². The van der Waals surface area contributed by atoms with E-state index in [9.17, 15) is 0 Å². The lowest BCUT2D eigenvalue weighted by Crippen LogP contribution is -2.32. The first kappa shape index (κ1) is 15.1. The van der Waals surface area contributed by atoms with Crippen LogP contribution in [0.5, 0.6) is 0 Å². The van der Waals surface area contributed by atoms with Crippen molar-refractivity contribution in [1.29, 1.82) is 0 Å². The van der Waals surface area contributed by atoms with Gasteiger partial charge in [0.1, 0.15) is 5.04 Å². The second kappa shape index (κ2) is 6.13. The van der Waals surface area contributed by atoms with Crippen molar-refractivity contribution in [1.82, 2.24) is 0 Å². The number of thioether (sulfide) groups is 1. The molecule has 1 saturated carbocycles. The summed E-state index contributed by atoms with van der Waals surface area (Å²) >= 11 is 5.16. The first-order chi connectivity index (χ1) is 10.2. The molecule has 1 aromatic rings. The van der Waals surface area contributed by atoms with Crippen LogP contribution in [0.15, 0.2) is 38.7 Å². The quantitative estimate of drug-likeness (QED) is 0.848. The molecule has 0 bridgehead atoms. The Morgan fingerprint density at radius 3 is 2.62 bits per heavy atom. The van der Waals surface area contributed by atoms with Gasteiger partial charge in [0.25, 0.3) is 0 Å². The van der Waals surface area contributed by atoms with Crippen molar-refractivity contribution in [2.75, 3.05) is 6.26 Å². The fraction of sp³-hybridized carbons (Fsp3) is 0.500. The van der Waals surface area contributed by atoms with E-state index in [2.05, 4.69) is 34.1 Å². The maximum Gasteiger partial charge on any atom is 0.182 e. The Kier molecular flexibility index (Phi) is 4.41. The lowest BCUT2D eigenvalue weighted by molar-refractivity contribution is 0.220. The van der Waals surface area contributed by atoms with E-state index < -0.39 is 5.66 Å². The Balaban J connectivity index is 2.10. The average Bonchev–Trinajstić information content (AvgIpc) is 2.86. The maximum absolute atomic E-state index is 6.13. The predicted octanol–water partition coefficient (Wildman–Crippen LogP) is 4.31. The van der Waals surface area contributed by atoms with Crippen molar-refractivity contribution in [2.45, 2.75) is 37.8 Å². The minimum absolute atomic E-state index is 0.448. The SMILES string of the molecule is CSC1=NC(c2cccc(Br)c2)(C2CCCCC2)N=C1N. The number of hydrogen-bond donors (Lipinski definition) is 1. The molecule has 2 N–H and O–H groups in total. The van der Waals surface area contributed by atoms with E-state index in [0.29, 0.717) is 11.8 Å². The van der Waals surface area contributed by atoms with Gasteiger partial charge in [0, 0.05) is 16.0 Å². The Bertz CT molecular complexity index is 593. The minimum Gasteiger partial charge on any atom is -0.382 e. The van der Waals surface area contributed by atoms with Crippen LogP contribution in [0.4, 0.5) is 0 Å². The van der Waals surface area contributed by atoms with Gasteiger partial charge in [0.2, 0.25) is 0 Å². The molecule has 112 valence electrons. The molecule has 0 amide bonds. The number of benzene rings is 1. The molecule has 5 heteroatoms. The Morgan fingerprint density at radius 2 is 2.00 bits per heavy atom. The molecule has 1 unspecified atom stereocenters. The van der Waals surface area contributed by atoms with Gasteiger partial charge in [0.15, 0.2) is 11.5 Å². The molecule has 1 fully saturated rings. The molecule has 0 aromatic heterocycles. The van der Waals surface area contributed by atoms with E-state index in [1.54, 1.807) is 11.8 Å². The van der Waals surface area contributed by atoms with Crippen molar-refractivity contribution in [2.24, 2.45) is 21.6 Å². The summed E-state index contributed by atoms with van der Waals surface area (Å²) in [5, 5.41) is 0.876. The molecule has 0 radical (unpaired) electrons.